The van der Waals surface area contributed by atoms with Gasteiger partial charge in [-0.15, -0.1) is 0 Å². The number of rotatable bonds is 6. The van der Waals surface area contributed by atoms with E-state index >= 15 is 0 Å². The van der Waals surface area contributed by atoms with E-state index in [0.29, 0.717) is 32.0 Å². The Morgan fingerprint density at radius 1 is 1.44 bits per heavy atom. The van der Waals surface area contributed by atoms with Crippen molar-refractivity contribution in [3.8, 4) is 0 Å². The third-order valence-corrected chi connectivity index (χ3v) is 2.45. The zero-order valence-corrected chi connectivity index (χ0v) is 9.87. The van der Waals surface area contributed by atoms with Crippen LogP contribution in [0.3, 0.4) is 0 Å². The van der Waals surface area contributed by atoms with E-state index in [4.69, 9.17) is 10.5 Å². The molecule has 4 heteroatoms. The molecule has 0 amide bonds. The summed E-state index contributed by atoms with van der Waals surface area (Å²) in [7, 11) is 1.84. The van der Waals surface area contributed by atoms with Gasteiger partial charge in [-0.2, -0.15) is 0 Å². The van der Waals surface area contributed by atoms with Crippen LogP contribution in [0.1, 0.15) is 12.5 Å². The summed E-state index contributed by atoms with van der Waals surface area (Å²) in [4.78, 5) is 1.84. The lowest BCUT2D eigenvalue weighted by Gasteiger charge is -2.22. The monoisotopic (exact) mass is 226 g/mol. The van der Waals surface area contributed by atoms with E-state index < -0.39 is 0 Å². The molecule has 1 aromatic carbocycles. The quantitative estimate of drug-likeness (QED) is 0.751. The summed E-state index contributed by atoms with van der Waals surface area (Å²) in [6, 6.07) is 4.97. The van der Waals surface area contributed by atoms with Crippen molar-refractivity contribution < 1.29 is 9.13 Å². The molecule has 0 aliphatic heterocycles. The van der Waals surface area contributed by atoms with Crippen LogP contribution >= 0.6 is 0 Å². The van der Waals surface area contributed by atoms with E-state index in [2.05, 4.69) is 0 Å². The van der Waals surface area contributed by atoms with E-state index in [-0.39, 0.29) is 5.82 Å². The molecule has 0 bridgehead atoms. The minimum Gasteiger partial charge on any atom is -0.380 e. The molecule has 0 spiro atoms. The minimum absolute atomic E-state index is 0.234. The molecule has 1 aromatic rings. The number of hydrogen-bond acceptors (Lipinski definition) is 3. The lowest BCUT2D eigenvalue weighted by atomic mass is 10.1. The van der Waals surface area contributed by atoms with Crippen molar-refractivity contribution in [2.75, 3.05) is 31.7 Å². The van der Waals surface area contributed by atoms with E-state index in [1.165, 1.54) is 6.07 Å². The summed E-state index contributed by atoms with van der Waals surface area (Å²) in [5.74, 6) is -0.234. The Morgan fingerprint density at radius 2 is 2.19 bits per heavy atom. The second-order valence-electron chi connectivity index (χ2n) is 3.57. The van der Waals surface area contributed by atoms with Crippen molar-refractivity contribution >= 4 is 5.69 Å². The molecular weight excluding hydrogens is 207 g/mol. The van der Waals surface area contributed by atoms with Gasteiger partial charge in [-0.3, -0.25) is 0 Å². The minimum atomic E-state index is -0.234. The fourth-order valence-corrected chi connectivity index (χ4v) is 1.61. The third kappa shape index (κ3) is 3.18. The Morgan fingerprint density at radius 3 is 2.81 bits per heavy atom. The largest absolute Gasteiger partial charge is 0.380 e. The Bertz CT molecular complexity index is 331. The van der Waals surface area contributed by atoms with Gasteiger partial charge in [0.25, 0.3) is 0 Å². The number of ether oxygens (including phenoxy) is 1. The van der Waals surface area contributed by atoms with Crippen LogP contribution in [0.4, 0.5) is 10.1 Å². The summed E-state index contributed by atoms with van der Waals surface area (Å²) >= 11 is 0. The highest BCUT2D eigenvalue weighted by molar-refractivity contribution is 5.54. The summed E-state index contributed by atoms with van der Waals surface area (Å²) in [5, 5.41) is 0. The first kappa shape index (κ1) is 12.9. The maximum absolute atomic E-state index is 13.7. The van der Waals surface area contributed by atoms with E-state index in [1.807, 2.05) is 24.9 Å². The maximum atomic E-state index is 13.7. The molecule has 0 aromatic heterocycles. The molecule has 0 saturated heterocycles. The average Bonchev–Trinajstić information content (AvgIpc) is 2.28. The zero-order valence-electron chi connectivity index (χ0n) is 9.87. The topological polar surface area (TPSA) is 38.5 Å². The molecular formula is C12H19FN2O. The molecule has 1 rings (SSSR count). The fraction of sp³-hybridized carbons (Fsp3) is 0.500. The average molecular weight is 226 g/mol. The van der Waals surface area contributed by atoms with Crippen LogP contribution < -0.4 is 10.6 Å². The van der Waals surface area contributed by atoms with E-state index in [9.17, 15) is 4.39 Å². The van der Waals surface area contributed by atoms with Crippen LogP contribution in [0.2, 0.25) is 0 Å². The number of halogens is 1. The number of likely N-dealkylation sites (N-methyl/N-ethyl adjacent to an activating group) is 1. The number of hydrogen-bond donors (Lipinski definition) is 1. The summed E-state index contributed by atoms with van der Waals surface area (Å²) in [6.07, 6.45) is 0. The summed E-state index contributed by atoms with van der Waals surface area (Å²) in [6.45, 7) is 4.20. The smallest absolute Gasteiger partial charge is 0.146 e. The Hall–Kier alpha value is -1.13. The standard InChI is InChI=1S/C12H19FN2O/c1-3-16-8-7-15(2)12-10(9-14)5-4-6-11(12)13/h4-6H,3,7-9,14H2,1-2H3. The SMILES string of the molecule is CCOCCN(C)c1c(F)cccc1CN. The van der Waals surface area contributed by atoms with Gasteiger partial charge in [0.05, 0.1) is 12.3 Å². The van der Waals surface area contributed by atoms with Crippen LogP contribution in [0, 0.1) is 5.82 Å². The van der Waals surface area contributed by atoms with Gasteiger partial charge in [0, 0.05) is 26.7 Å². The van der Waals surface area contributed by atoms with Crippen molar-refractivity contribution in [2.45, 2.75) is 13.5 Å². The molecule has 0 heterocycles. The highest BCUT2D eigenvalue weighted by Gasteiger charge is 2.11. The first-order valence-electron chi connectivity index (χ1n) is 5.47. The maximum Gasteiger partial charge on any atom is 0.146 e. The van der Waals surface area contributed by atoms with Gasteiger partial charge < -0.3 is 15.4 Å². The second kappa shape index (κ2) is 6.45. The van der Waals surface area contributed by atoms with Crippen molar-refractivity contribution in [1.29, 1.82) is 0 Å². The zero-order chi connectivity index (χ0) is 12.0. The summed E-state index contributed by atoms with van der Waals surface area (Å²) < 4.78 is 18.9. The third-order valence-electron chi connectivity index (χ3n) is 2.45. The number of anilines is 1. The van der Waals surface area contributed by atoms with Gasteiger partial charge in [0.1, 0.15) is 5.82 Å². The predicted molar refractivity (Wildman–Crippen MR) is 64.1 cm³/mol. The van der Waals surface area contributed by atoms with Crippen LogP contribution in [0.25, 0.3) is 0 Å². The van der Waals surface area contributed by atoms with Gasteiger partial charge in [0.2, 0.25) is 0 Å². The lowest BCUT2D eigenvalue weighted by Crippen LogP contribution is -2.25. The van der Waals surface area contributed by atoms with Crippen molar-refractivity contribution in [2.24, 2.45) is 5.73 Å². The van der Waals surface area contributed by atoms with Crippen molar-refractivity contribution in [3.05, 3.63) is 29.6 Å². The fourth-order valence-electron chi connectivity index (χ4n) is 1.61. The van der Waals surface area contributed by atoms with Gasteiger partial charge in [-0.05, 0) is 18.6 Å². The van der Waals surface area contributed by atoms with Crippen molar-refractivity contribution in [3.63, 3.8) is 0 Å². The number of para-hydroxylation sites is 1. The van der Waals surface area contributed by atoms with Gasteiger partial charge in [-0.1, -0.05) is 12.1 Å². The van der Waals surface area contributed by atoms with Gasteiger partial charge in [0.15, 0.2) is 0 Å². The molecule has 3 nitrogen and oxygen atoms in total. The Labute approximate surface area is 96.0 Å². The number of nitrogens with two attached hydrogens (primary N) is 1. The molecule has 2 N–H and O–H groups in total. The molecule has 0 aliphatic carbocycles. The Kier molecular flexibility index (Phi) is 5.22. The molecule has 0 unspecified atom stereocenters. The molecule has 16 heavy (non-hydrogen) atoms. The van der Waals surface area contributed by atoms with Crippen molar-refractivity contribution in [1.82, 2.24) is 0 Å². The first-order valence-corrected chi connectivity index (χ1v) is 5.47. The van der Waals surface area contributed by atoms with Gasteiger partial charge >= 0.3 is 0 Å². The predicted octanol–water partition coefficient (Wildman–Crippen LogP) is 1.76. The summed E-state index contributed by atoms with van der Waals surface area (Å²) in [5.41, 5.74) is 6.98. The first-order chi connectivity index (χ1) is 7.70. The normalized spacial score (nSPS) is 10.5. The number of nitrogens with zero attached hydrogens (tertiary/aromatic N) is 1. The molecule has 90 valence electrons. The lowest BCUT2D eigenvalue weighted by molar-refractivity contribution is 0.154. The second-order valence-corrected chi connectivity index (χ2v) is 3.57. The Balaban J connectivity index is 2.76. The van der Waals surface area contributed by atoms with Crippen LogP contribution in [0.5, 0.6) is 0 Å². The van der Waals surface area contributed by atoms with Crippen LogP contribution in [0.15, 0.2) is 18.2 Å². The molecule has 0 saturated carbocycles. The molecule has 0 atom stereocenters. The van der Waals surface area contributed by atoms with Crippen LogP contribution in [-0.2, 0) is 11.3 Å². The molecule has 0 radical (unpaired) electrons. The van der Waals surface area contributed by atoms with E-state index in [1.54, 1.807) is 6.07 Å². The number of benzene rings is 1. The van der Waals surface area contributed by atoms with Gasteiger partial charge in [-0.25, -0.2) is 4.39 Å². The van der Waals surface area contributed by atoms with Crippen LogP contribution in [-0.4, -0.2) is 26.8 Å². The highest BCUT2D eigenvalue weighted by Crippen LogP contribution is 2.22. The van der Waals surface area contributed by atoms with E-state index in [0.717, 1.165) is 5.56 Å². The molecule has 0 fully saturated rings. The molecule has 0 aliphatic rings. The highest BCUT2D eigenvalue weighted by atomic mass is 19.1.